The Labute approximate surface area is 145 Å². The molecule has 0 atom stereocenters. The Hall–Kier alpha value is -2.47. The molecule has 1 aliphatic rings. The maximum atomic E-state index is 12.6. The highest BCUT2D eigenvalue weighted by Gasteiger charge is 2.26. The number of carbonyl (C=O) groups is 2. The number of nitrogens with one attached hydrogen (secondary N) is 1. The molecule has 1 saturated heterocycles. The van der Waals surface area contributed by atoms with Gasteiger partial charge in [-0.25, -0.2) is 0 Å². The molecule has 0 saturated carbocycles. The molecular weight excluding hydrogens is 330 g/mol. The summed E-state index contributed by atoms with van der Waals surface area (Å²) in [5.41, 5.74) is 1.16. The number of H-pyrrole nitrogens is 1. The number of nitrogens with zero attached hydrogens (tertiary/aromatic N) is 2. The lowest BCUT2D eigenvalue weighted by atomic mass is 10.1. The molecule has 126 valence electrons. The van der Waals surface area contributed by atoms with Crippen molar-refractivity contribution in [1.29, 1.82) is 0 Å². The first-order chi connectivity index (χ1) is 11.6. The van der Waals surface area contributed by atoms with Gasteiger partial charge in [0.15, 0.2) is 0 Å². The van der Waals surface area contributed by atoms with Crippen LogP contribution in [-0.4, -0.2) is 59.9 Å². The Balaban J connectivity index is 1.63. The number of benzene rings is 1. The van der Waals surface area contributed by atoms with Crippen LogP contribution < -0.4 is 4.74 Å². The number of aromatic nitrogens is 1. The van der Waals surface area contributed by atoms with Crippen LogP contribution in [0.4, 0.5) is 0 Å². The van der Waals surface area contributed by atoms with Crippen LogP contribution in [-0.2, 0) is 0 Å². The topological polar surface area (TPSA) is 65.6 Å². The van der Waals surface area contributed by atoms with Crippen molar-refractivity contribution in [2.24, 2.45) is 0 Å². The minimum absolute atomic E-state index is 0.0177. The van der Waals surface area contributed by atoms with Crippen LogP contribution in [0, 0.1) is 0 Å². The molecule has 0 bridgehead atoms. The molecule has 1 aromatic carbocycles. The molecule has 3 rings (SSSR count). The maximum Gasteiger partial charge on any atom is 0.255 e. The molecule has 0 unspecified atom stereocenters. The third-order valence-electron chi connectivity index (χ3n) is 4.10. The van der Waals surface area contributed by atoms with Crippen molar-refractivity contribution in [3.63, 3.8) is 0 Å². The van der Waals surface area contributed by atoms with E-state index in [9.17, 15) is 9.59 Å². The van der Waals surface area contributed by atoms with Gasteiger partial charge in [0.05, 0.1) is 17.7 Å². The van der Waals surface area contributed by atoms with Crippen molar-refractivity contribution in [3.8, 4) is 5.75 Å². The Morgan fingerprint density at radius 1 is 1.04 bits per heavy atom. The van der Waals surface area contributed by atoms with E-state index in [1.54, 1.807) is 46.5 Å². The molecule has 2 heterocycles. The predicted octanol–water partition coefficient (Wildman–Crippen LogP) is 2.27. The average Bonchev–Trinajstić information content (AvgIpc) is 3.15. The first-order valence-corrected chi connectivity index (χ1v) is 8.03. The lowest BCUT2D eigenvalue weighted by Crippen LogP contribution is -2.50. The third-order valence-corrected chi connectivity index (χ3v) is 4.39. The van der Waals surface area contributed by atoms with E-state index < -0.39 is 0 Å². The summed E-state index contributed by atoms with van der Waals surface area (Å²) in [5.74, 6) is 0.430. The molecule has 0 spiro atoms. The number of aromatic amines is 1. The number of piperazine rings is 1. The second-order valence-electron chi connectivity index (χ2n) is 5.53. The fraction of sp³-hybridized carbons (Fsp3) is 0.294. The first kappa shape index (κ1) is 16.4. The van der Waals surface area contributed by atoms with Gasteiger partial charge in [-0.05, 0) is 24.3 Å². The molecule has 0 aliphatic carbocycles. The highest BCUT2D eigenvalue weighted by molar-refractivity contribution is 6.32. The summed E-state index contributed by atoms with van der Waals surface area (Å²) in [6.07, 6.45) is 3.40. The SMILES string of the molecule is COc1ccc(C(=O)N2CCN(C(=O)c3cc[nH]c3)CC2)cc1Cl. The molecule has 24 heavy (non-hydrogen) atoms. The molecular formula is C17H18ClN3O3. The highest BCUT2D eigenvalue weighted by Crippen LogP contribution is 2.25. The van der Waals surface area contributed by atoms with Crippen molar-refractivity contribution in [1.82, 2.24) is 14.8 Å². The Kier molecular flexibility index (Phi) is 4.76. The minimum Gasteiger partial charge on any atom is -0.495 e. The minimum atomic E-state index is -0.0895. The molecule has 1 aliphatic heterocycles. The number of hydrogen-bond donors (Lipinski definition) is 1. The zero-order valence-corrected chi connectivity index (χ0v) is 14.0. The van der Waals surface area contributed by atoms with E-state index in [1.165, 1.54) is 7.11 Å². The third kappa shape index (κ3) is 3.23. The van der Waals surface area contributed by atoms with Crippen molar-refractivity contribution < 1.29 is 14.3 Å². The molecule has 6 nitrogen and oxygen atoms in total. The van der Waals surface area contributed by atoms with Gasteiger partial charge in [-0.1, -0.05) is 11.6 Å². The van der Waals surface area contributed by atoms with Gasteiger partial charge in [-0.2, -0.15) is 0 Å². The van der Waals surface area contributed by atoms with Crippen LogP contribution in [0.2, 0.25) is 5.02 Å². The summed E-state index contributed by atoms with van der Waals surface area (Å²) in [5, 5.41) is 0.407. The van der Waals surface area contributed by atoms with Gasteiger partial charge in [0.25, 0.3) is 11.8 Å². The van der Waals surface area contributed by atoms with E-state index >= 15 is 0 Å². The van der Waals surface area contributed by atoms with Gasteiger partial charge < -0.3 is 19.5 Å². The van der Waals surface area contributed by atoms with E-state index in [2.05, 4.69) is 4.98 Å². The Morgan fingerprint density at radius 3 is 2.17 bits per heavy atom. The van der Waals surface area contributed by atoms with Crippen molar-refractivity contribution >= 4 is 23.4 Å². The Morgan fingerprint density at radius 2 is 1.67 bits per heavy atom. The second-order valence-corrected chi connectivity index (χ2v) is 5.94. The first-order valence-electron chi connectivity index (χ1n) is 7.65. The summed E-state index contributed by atoms with van der Waals surface area (Å²) in [7, 11) is 1.53. The van der Waals surface area contributed by atoms with Gasteiger partial charge in [0, 0.05) is 44.1 Å². The largest absolute Gasteiger partial charge is 0.495 e. The second kappa shape index (κ2) is 6.97. The lowest BCUT2D eigenvalue weighted by molar-refractivity contribution is 0.0535. The highest BCUT2D eigenvalue weighted by atomic mass is 35.5. The van der Waals surface area contributed by atoms with Crippen LogP contribution >= 0.6 is 11.6 Å². The number of halogens is 1. The molecule has 1 N–H and O–H groups in total. The van der Waals surface area contributed by atoms with Crippen LogP contribution in [0.15, 0.2) is 36.7 Å². The van der Waals surface area contributed by atoms with Crippen molar-refractivity contribution in [2.45, 2.75) is 0 Å². The number of rotatable bonds is 3. The van der Waals surface area contributed by atoms with Crippen LogP contribution in [0.25, 0.3) is 0 Å². The summed E-state index contributed by atoms with van der Waals surface area (Å²) in [6.45, 7) is 2.02. The summed E-state index contributed by atoms with van der Waals surface area (Å²) >= 11 is 6.08. The smallest absolute Gasteiger partial charge is 0.255 e. The molecule has 2 aromatic rings. The van der Waals surface area contributed by atoms with Crippen LogP contribution in [0.5, 0.6) is 5.75 Å². The lowest BCUT2D eigenvalue weighted by Gasteiger charge is -2.34. The maximum absolute atomic E-state index is 12.6. The summed E-state index contributed by atoms with van der Waals surface area (Å²) in [6, 6.07) is 6.74. The zero-order valence-electron chi connectivity index (χ0n) is 13.3. The number of carbonyl (C=O) groups excluding carboxylic acids is 2. The van der Waals surface area contributed by atoms with Gasteiger partial charge >= 0.3 is 0 Å². The molecule has 0 radical (unpaired) electrons. The van der Waals surface area contributed by atoms with Crippen LogP contribution in [0.3, 0.4) is 0 Å². The fourth-order valence-corrected chi connectivity index (χ4v) is 2.99. The molecule has 2 amide bonds. The summed E-state index contributed by atoms with van der Waals surface area (Å²) < 4.78 is 5.10. The summed E-state index contributed by atoms with van der Waals surface area (Å²) in [4.78, 5) is 31.2. The number of ether oxygens (including phenoxy) is 1. The van der Waals surface area contributed by atoms with Gasteiger partial charge in [0.1, 0.15) is 5.75 Å². The standard InChI is InChI=1S/C17H18ClN3O3/c1-24-15-3-2-12(10-14(15)18)16(22)20-6-8-21(9-7-20)17(23)13-4-5-19-11-13/h2-5,10-11,19H,6-9H2,1H3. The van der Waals surface area contributed by atoms with E-state index in [1.807, 2.05) is 0 Å². The normalized spacial score (nSPS) is 14.6. The van der Waals surface area contributed by atoms with Gasteiger partial charge in [0.2, 0.25) is 0 Å². The van der Waals surface area contributed by atoms with Crippen molar-refractivity contribution in [3.05, 3.63) is 52.8 Å². The van der Waals surface area contributed by atoms with E-state index in [4.69, 9.17) is 16.3 Å². The van der Waals surface area contributed by atoms with E-state index in [0.29, 0.717) is 48.1 Å². The zero-order chi connectivity index (χ0) is 17.1. The number of amides is 2. The fourth-order valence-electron chi connectivity index (χ4n) is 2.73. The average molecular weight is 348 g/mol. The van der Waals surface area contributed by atoms with Crippen molar-refractivity contribution in [2.75, 3.05) is 33.3 Å². The molecule has 1 fully saturated rings. The molecule has 1 aromatic heterocycles. The van der Waals surface area contributed by atoms with E-state index in [0.717, 1.165) is 0 Å². The predicted molar refractivity (Wildman–Crippen MR) is 90.6 cm³/mol. The number of methoxy groups -OCH3 is 1. The Bertz CT molecular complexity index is 738. The monoisotopic (exact) mass is 347 g/mol. The van der Waals surface area contributed by atoms with Gasteiger partial charge in [-0.3, -0.25) is 9.59 Å². The van der Waals surface area contributed by atoms with E-state index in [-0.39, 0.29) is 11.8 Å². The quantitative estimate of drug-likeness (QED) is 0.926. The van der Waals surface area contributed by atoms with Crippen LogP contribution in [0.1, 0.15) is 20.7 Å². The number of hydrogen-bond acceptors (Lipinski definition) is 3. The molecule has 7 heteroatoms. The van der Waals surface area contributed by atoms with Gasteiger partial charge in [-0.15, -0.1) is 0 Å².